The van der Waals surface area contributed by atoms with Crippen LogP contribution in [-0.4, -0.2) is 51.6 Å². The molecule has 2 heterocycles. The lowest BCUT2D eigenvalue weighted by atomic mass is 10.0. The highest BCUT2D eigenvalue weighted by Crippen LogP contribution is 2.28. The van der Waals surface area contributed by atoms with Gasteiger partial charge in [-0.25, -0.2) is 4.98 Å². The predicted octanol–water partition coefficient (Wildman–Crippen LogP) is 2.48. The number of piperidine rings is 1. The maximum absolute atomic E-state index is 4.48. The van der Waals surface area contributed by atoms with Gasteiger partial charge >= 0.3 is 0 Å². The lowest BCUT2D eigenvalue weighted by molar-refractivity contribution is 0.0819. The Morgan fingerprint density at radius 2 is 1.96 bits per heavy atom. The maximum atomic E-state index is 4.48. The SMILES string of the molecule is CN(Cc1nccn1C)[C@H]1CCCN(C2Cc3ccccc3C2)C1. The Kier molecular flexibility index (Phi) is 4.42. The molecule has 0 spiro atoms. The van der Waals surface area contributed by atoms with E-state index in [2.05, 4.69) is 57.7 Å². The minimum absolute atomic E-state index is 0.638. The van der Waals surface area contributed by atoms with E-state index in [1.165, 1.54) is 38.8 Å². The molecule has 0 unspecified atom stereocenters. The van der Waals surface area contributed by atoms with Crippen molar-refractivity contribution in [2.45, 2.75) is 44.3 Å². The summed E-state index contributed by atoms with van der Waals surface area (Å²) in [7, 11) is 4.34. The molecule has 1 aliphatic carbocycles. The van der Waals surface area contributed by atoms with Gasteiger partial charge < -0.3 is 4.57 Å². The minimum Gasteiger partial charge on any atom is -0.337 e. The number of likely N-dealkylation sites (tertiary alicyclic amines) is 1. The first-order valence-corrected chi connectivity index (χ1v) is 9.18. The third-order valence-corrected chi connectivity index (χ3v) is 5.91. The van der Waals surface area contributed by atoms with Gasteiger partial charge in [-0.2, -0.15) is 0 Å². The van der Waals surface area contributed by atoms with Crippen LogP contribution in [0.15, 0.2) is 36.7 Å². The fraction of sp³-hybridized carbons (Fsp3) is 0.550. The summed E-state index contributed by atoms with van der Waals surface area (Å²) >= 11 is 0. The molecule has 0 bridgehead atoms. The lowest BCUT2D eigenvalue weighted by Crippen LogP contribution is -2.50. The molecule has 1 aromatic carbocycles. The zero-order valence-corrected chi connectivity index (χ0v) is 14.9. The first kappa shape index (κ1) is 15.9. The summed E-state index contributed by atoms with van der Waals surface area (Å²) in [4.78, 5) is 9.72. The van der Waals surface area contributed by atoms with Crippen molar-refractivity contribution in [1.82, 2.24) is 19.4 Å². The van der Waals surface area contributed by atoms with Crippen LogP contribution in [0.1, 0.15) is 29.8 Å². The van der Waals surface area contributed by atoms with Gasteiger partial charge in [-0.15, -0.1) is 0 Å². The largest absolute Gasteiger partial charge is 0.337 e. The molecular weight excluding hydrogens is 296 g/mol. The molecule has 1 aromatic heterocycles. The van der Waals surface area contributed by atoms with Crippen molar-refractivity contribution in [3.8, 4) is 0 Å². The smallest absolute Gasteiger partial charge is 0.122 e. The van der Waals surface area contributed by atoms with E-state index in [0.717, 1.165) is 12.4 Å². The van der Waals surface area contributed by atoms with Gasteiger partial charge in [-0.1, -0.05) is 24.3 Å². The fourth-order valence-electron chi connectivity index (χ4n) is 4.37. The monoisotopic (exact) mass is 324 g/mol. The number of imidazole rings is 1. The average Bonchev–Trinajstić information content (AvgIpc) is 3.21. The number of nitrogens with zero attached hydrogens (tertiary/aromatic N) is 4. The summed E-state index contributed by atoms with van der Waals surface area (Å²) in [5.74, 6) is 1.16. The van der Waals surface area contributed by atoms with E-state index in [1.807, 2.05) is 12.4 Å². The number of hydrogen-bond acceptors (Lipinski definition) is 3. The molecule has 4 heteroatoms. The molecule has 2 aromatic rings. The fourth-order valence-corrected chi connectivity index (χ4v) is 4.37. The summed E-state index contributed by atoms with van der Waals surface area (Å²) in [6.07, 6.45) is 9.00. The standard InChI is InChI=1S/C20H28N4/c1-22-11-9-21-20(22)15-23(2)18-8-5-10-24(14-18)19-12-16-6-3-4-7-17(16)13-19/h3-4,6-7,9,11,18-19H,5,8,10,12-15H2,1-2H3/t18-/m0/s1. The van der Waals surface area contributed by atoms with Crippen molar-refractivity contribution in [3.63, 3.8) is 0 Å². The molecule has 4 nitrogen and oxygen atoms in total. The Bertz CT molecular complexity index is 667. The van der Waals surface area contributed by atoms with Crippen LogP contribution in [-0.2, 0) is 26.4 Å². The van der Waals surface area contributed by atoms with Crippen LogP contribution in [0.3, 0.4) is 0 Å². The molecule has 2 aliphatic rings. The van der Waals surface area contributed by atoms with Crippen molar-refractivity contribution < 1.29 is 0 Å². The van der Waals surface area contributed by atoms with E-state index in [1.54, 1.807) is 11.1 Å². The van der Waals surface area contributed by atoms with Crippen LogP contribution in [0.4, 0.5) is 0 Å². The number of aryl methyl sites for hydroxylation is 1. The number of fused-ring (bicyclic) bond motifs is 1. The number of likely N-dealkylation sites (N-methyl/N-ethyl adjacent to an activating group) is 1. The highest BCUT2D eigenvalue weighted by Gasteiger charge is 2.31. The second-order valence-corrected chi connectivity index (χ2v) is 7.49. The molecule has 1 atom stereocenters. The Morgan fingerprint density at radius 1 is 1.21 bits per heavy atom. The van der Waals surface area contributed by atoms with Crippen molar-refractivity contribution in [2.75, 3.05) is 20.1 Å². The van der Waals surface area contributed by atoms with Gasteiger partial charge in [0.2, 0.25) is 0 Å². The molecule has 1 saturated heterocycles. The first-order chi connectivity index (χ1) is 11.7. The van der Waals surface area contributed by atoms with Crippen LogP contribution in [0.2, 0.25) is 0 Å². The second-order valence-electron chi connectivity index (χ2n) is 7.49. The molecule has 0 radical (unpaired) electrons. The molecule has 24 heavy (non-hydrogen) atoms. The first-order valence-electron chi connectivity index (χ1n) is 9.18. The van der Waals surface area contributed by atoms with Crippen molar-refractivity contribution in [1.29, 1.82) is 0 Å². The molecule has 1 aliphatic heterocycles. The third-order valence-electron chi connectivity index (χ3n) is 5.91. The number of aromatic nitrogens is 2. The van der Waals surface area contributed by atoms with Crippen molar-refractivity contribution in [2.24, 2.45) is 7.05 Å². The number of hydrogen-bond donors (Lipinski definition) is 0. The summed E-state index contributed by atoms with van der Waals surface area (Å²) in [6, 6.07) is 10.3. The summed E-state index contributed by atoms with van der Waals surface area (Å²) in [5, 5.41) is 0. The zero-order valence-electron chi connectivity index (χ0n) is 14.9. The summed E-state index contributed by atoms with van der Waals surface area (Å²) in [6.45, 7) is 3.39. The number of rotatable bonds is 4. The predicted molar refractivity (Wildman–Crippen MR) is 96.9 cm³/mol. The summed E-state index contributed by atoms with van der Waals surface area (Å²) in [5.41, 5.74) is 3.12. The zero-order chi connectivity index (χ0) is 16.5. The van der Waals surface area contributed by atoms with E-state index < -0.39 is 0 Å². The Balaban J connectivity index is 1.38. The molecule has 0 N–H and O–H groups in total. The van der Waals surface area contributed by atoms with E-state index in [4.69, 9.17) is 0 Å². The molecule has 128 valence electrons. The Morgan fingerprint density at radius 3 is 2.62 bits per heavy atom. The number of benzene rings is 1. The molecule has 4 rings (SSSR count). The van der Waals surface area contributed by atoms with Gasteiger partial charge in [0.05, 0.1) is 6.54 Å². The lowest BCUT2D eigenvalue weighted by Gasteiger charge is -2.40. The molecule has 1 fully saturated rings. The molecule has 0 saturated carbocycles. The highest BCUT2D eigenvalue weighted by atomic mass is 15.2. The van der Waals surface area contributed by atoms with E-state index in [-0.39, 0.29) is 0 Å². The van der Waals surface area contributed by atoms with Gasteiger partial charge in [0.1, 0.15) is 5.82 Å². The van der Waals surface area contributed by atoms with Gasteiger partial charge in [-0.05, 0) is 50.4 Å². The van der Waals surface area contributed by atoms with Crippen LogP contribution < -0.4 is 0 Å². The van der Waals surface area contributed by atoms with Gasteiger partial charge in [0, 0.05) is 38.1 Å². The quantitative estimate of drug-likeness (QED) is 0.863. The minimum atomic E-state index is 0.638. The van der Waals surface area contributed by atoms with E-state index >= 15 is 0 Å². The maximum Gasteiger partial charge on any atom is 0.122 e. The molecule has 0 amide bonds. The van der Waals surface area contributed by atoms with Gasteiger partial charge in [0.25, 0.3) is 0 Å². The van der Waals surface area contributed by atoms with Gasteiger partial charge in [-0.3, -0.25) is 9.80 Å². The average molecular weight is 324 g/mol. The summed E-state index contributed by atoms with van der Waals surface area (Å²) < 4.78 is 2.13. The highest BCUT2D eigenvalue weighted by molar-refractivity contribution is 5.33. The van der Waals surface area contributed by atoms with E-state index in [9.17, 15) is 0 Å². The topological polar surface area (TPSA) is 24.3 Å². The Hall–Kier alpha value is -1.65. The third kappa shape index (κ3) is 3.13. The normalized spacial score (nSPS) is 22.2. The van der Waals surface area contributed by atoms with E-state index in [0.29, 0.717) is 12.1 Å². The molecular formula is C20H28N4. The van der Waals surface area contributed by atoms with Crippen LogP contribution in [0, 0.1) is 0 Å². The van der Waals surface area contributed by atoms with Crippen LogP contribution in [0.5, 0.6) is 0 Å². The Labute approximate surface area is 145 Å². The van der Waals surface area contributed by atoms with Crippen LogP contribution >= 0.6 is 0 Å². The second kappa shape index (κ2) is 6.69. The van der Waals surface area contributed by atoms with Crippen LogP contribution in [0.25, 0.3) is 0 Å². The van der Waals surface area contributed by atoms with Gasteiger partial charge in [0.15, 0.2) is 0 Å². The van der Waals surface area contributed by atoms with Crippen molar-refractivity contribution in [3.05, 3.63) is 53.6 Å². The van der Waals surface area contributed by atoms with Crippen molar-refractivity contribution >= 4 is 0 Å².